The van der Waals surface area contributed by atoms with Gasteiger partial charge in [-0.1, -0.05) is 17.8 Å². The Labute approximate surface area is 202 Å². The fourth-order valence-electron chi connectivity index (χ4n) is 4.53. The molecule has 3 heterocycles. The van der Waals surface area contributed by atoms with Gasteiger partial charge < -0.3 is 9.64 Å². The van der Waals surface area contributed by atoms with Crippen molar-refractivity contribution >= 4 is 33.5 Å². The molecule has 1 unspecified atom stereocenters. The SMILES string of the molecule is CC1=C(OCCCCCN2CCN(c3ccnc4cc(C(F)(F)F)ccc34)CC2)C(C)SC1=O. The molecule has 9 heteroatoms. The summed E-state index contributed by atoms with van der Waals surface area (Å²) in [5, 5.41) is 0.992. The van der Waals surface area contributed by atoms with Gasteiger partial charge in [0.15, 0.2) is 0 Å². The van der Waals surface area contributed by atoms with Crippen LogP contribution < -0.4 is 4.90 Å². The minimum absolute atomic E-state index is 0.118. The molecule has 0 N–H and O–H groups in total. The topological polar surface area (TPSA) is 45.7 Å². The molecule has 2 aliphatic rings. The molecule has 2 aliphatic heterocycles. The van der Waals surface area contributed by atoms with Gasteiger partial charge in [-0.15, -0.1) is 0 Å². The number of halogens is 3. The van der Waals surface area contributed by atoms with Gasteiger partial charge in [-0.25, -0.2) is 0 Å². The van der Waals surface area contributed by atoms with Gasteiger partial charge in [-0.2, -0.15) is 13.2 Å². The number of benzene rings is 1. The Morgan fingerprint density at radius 2 is 1.88 bits per heavy atom. The Bertz CT molecular complexity index is 1070. The maximum absolute atomic E-state index is 13.0. The number of alkyl halides is 3. The lowest BCUT2D eigenvalue weighted by Gasteiger charge is -2.36. The summed E-state index contributed by atoms with van der Waals surface area (Å²) in [6, 6.07) is 5.68. The Balaban J connectivity index is 1.21. The van der Waals surface area contributed by atoms with E-state index in [4.69, 9.17) is 4.74 Å². The molecule has 1 aromatic carbocycles. The second-order valence-corrected chi connectivity index (χ2v) is 10.1. The van der Waals surface area contributed by atoms with Gasteiger partial charge in [0.1, 0.15) is 5.76 Å². The summed E-state index contributed by atoms with van der Waals surface area (Å²) in [4.78, 5) is 20.5. The summed E-state index contributed by atoms with van der Waals surface area (Å²) in [6.07, 6.45) is 0.338. The summed E-state index contributed by atoms with van der Waals surface area (Å²) in [5.41, 5.74) is 1.39. The first-order valence-electron chi connectivity index (χ1n) is 11.7. The number of piperazine rings is 1. The third kappa shape index (κ3) is 5.68. The summed E-state index contributed by atoms with van der Waals surface area (Å²) < 4.78 is 45.0. The van der Waals surface area contributed by atoms with Gasteiger partial charge in [0.25, 0.3) is 0 Å². The fourth-order valence-corrected chi connectivity index (χ4v) is 5.48. The van der Waals surface area contributed by atoms with Crippen LogP contribution in [0.15, 0.2) is 41.8 Å². The van der Waals surface area contributed by atoms with Crippen LogP contribution in [-0.4, -0.2) is 59.6 Å². The van der Waals surface area contributed by atoms with Gasteiger partial charge in [0.05, 0.1) is 22.9 Å². The highest BCUT2D eigenvalue weighted by Gasteiger charge is 2.31. The largest absolute Gasteiger partial charge is 0.496 e. The number of carbonyl (C=O) groups is 1. The van der Waals surface area contributed by atoms with E-state index in [1.807, 2.05) is 19.9 Å². The van der Waals surface area contributed by atoms with E-state index in [0.29, 0.717) is 12.1 Å². The van der Waals surface area contributed by atoms with Crippen molar-refractivity contribution in [3.05, 3.63) is 47.4 Å². The minimum Gasteiger partial charge on any atom is -0.496 e. The zero-order valence-corrected chi connectivity index (χ0v) is 20.3. The van der Waals surface area contributed by atoms with E-state index in [1.165, 1.54) is 17.8 Å². The number of rotatable bonds is 8. The van der Waals surface area contributed by atoms with Crippen LogP contribution in [0.25, 0.3) is 10.9 Å². The lowest BCUT2D eigenvalue weighted by molar-refractivity contribution is -0.137. The average molecular weight is 494 g/mol. The molecule has 1 saturated heterocycles. The number of thioether (sulfide) groups is 1. The highest BCUT2D eigenvalue weighted by atomic mass is 32.2. The molecule has 0 bridgehead atoms. The molecule has 1 fully saturated rings. The van der Waals surface area contributed by atoms with E-state index in [0.717, 1.165) is 86.5 Å². The van der Waals surface area contributed by atoms with E-state index < -0.39 is 11.7 Å². The number of pyridine rings is 1. The van der Waals surface area contributed by atoms with Crippen LogP contribution in [-0.2, 0) is 15.7 Å². The van der Waals surface area contributed by atoms with Gasteiger partial charge >= 0.3 is 6.18 Å². The number of carbonyl (C=O) groups excluding carboxylic acids is 1. The van der Waals surface area contributed by atoms with E-state index in [1.54, 1.807) is 6.20 Å². The molecule has 0 radical (unpaired) electrons. The molecule has 34 heavy (non-hydrogen) atoms. The van der Waals surface area contributed by atoms with Gasteiger partial charge in [-0.3, -0.25) is 14.7 Å². The number of unbranched alkanes of at least 4 members (excludes halogenated alkanes) is 2. The van der Waals surface area contributed by atoms with Gasteiger partial charge in [0, 0.05) is 49.0 Å². The van der Waals surface area contributed by atoms with Crippen LogP contribution in [0.2, 0.25) is 0 Å². The number of aromatic nitrogens is 1. The monoisotopic (exact) mass is 493 g/mol. The third-order valence-electron chi connectivity index (χ3n) is 6.47. The Hall–Kier alpha value is -2.26. The molecule has 0 saturated carbocycles. The number of nitrogens with zero attached hydrogens (tertiary/aromatic N) is 3. The summed E-state index contributed by atoms with van der Waals surface area (Å²) in [5.74, 6) is 0.837. The Morgan fingerprint density at radius 1 is 1.12 bits per heavy atom. The molecular weight excluding hydrogens is 463 g/mol. The maximum Gasteiger partial charge on any atom is 0.416 e. The van der Waals surface area contributed by atoms with E-state index in [9.17, 15) is 18.0 Å². The van der Waals surface area contributed by atoms with Crippen LogP contribution in [0.3, 0.4) is 0 Å². The number of hydrogen-bond acceptors (Lipinski definition) is 6. The highest BCUT2D eigenvalue weighted by molar-refractivity contribution is 8.15. The van der Waals surface area contributed by atoms with E-state index in [-0.39, 0.29) is 10.4 Å². The lowest BCUT2D eigenvalue weighted by atomic mass is 10.1. The third-order valence-corrected chi connectivity index (χ3v) is 7.55. The predicted molar refractivity (Wildman–Crippen MR) is 130 cm³/mol. The van der Waals surface area contributed by atoms with E-state index in [2.05, 4.69) is 14.8 Å². The van der Waals surface area contributed by atoms with Crippen molar-refractivity contribution in [2.75, 3.05) is 44.2 Å². The number of ether oxygens (including phenoxy) is 1. The molecule has 0 spiro atoms. The Kier molecular flexibility index (Phi) is 7.72. The fraction of sp³-hybridized carbons (Fsp3) is 0.520. The first-order chi connectivity index (χ1) is 16.2. The molecule has 1 atom stereocenters. The predicted octanol–water partition coefficient (Wildman–Crippen LogP) is 5.50. The molecular formula is C25H30F3N3O2S. The first kappa shape index (κ1) is 24.9. The van der Waals surface area contributed by atoms with E-state index >= 15 is 0 Å². The van der Waals surface area contributed by atoms with Crippen molar-refractivity contribution < 1.29 is 22.7 Å². The normalized spacial score (nSPS) is 20.0. The lowest BCUT2D eigenvalue weighted by Crippen LogP contribution is -2.46. The summed E-state index contributed by atoms with van der Waals surface area (Å²) in [6.45, 7) is 9.01. The van der Waals surface area contributed by atoms with Crippen molar-refractivity contribution in [3.63, 3.8) is 0 Å². The van der Waals surface area contributed by atoms with Gasteiger partial charge in [-0.05, 0) is 57.9 Å². The Morgan fingerprint density at radius 3 is 2.56 bits per heavy atom. The van der Waals surface area contributed by atoms with Gasteiger partial charge in [0.2, 0.25) is 5.12 Å². The summed E-state index contributed by atoms with van der Waals surface area (Å²) in [7, 11) is 0. The quantitative estimate of drug-likeness (QED) is 0.453. The number of fused-ring (bicyclic) bond motifs is 1. The zero-order valence-electron chi connectivity index (χ0n) is 19.5. The standard InChI is InChI=1S/C25H30F3N3O2S/c1-17-23(18(2)34-24(17)32)33-15-5-3-4-10-30-11-13-31(14-12-30)22-8-9-29-21-16-19(25(26,27)28)6-7-20(21)22/h6-9,16,18H,3-5,10-15H2,1-2H3. The molecule has 5 nitrogen and oxygen atoms in total. The molecule has 0 aliphatic carbocycles. The van der Waals surface area contributed by atoms with Crippen molar-refractivity contribution in [2.45, 2.75) is 44.5 Å². The average Bonchev–Trinajstić information content (AvgIpc) is 3.06. The maximum atomic E-state index is 13.0. The van der Waals surface area contributed by atoms with Crippen LogP contribution in [0, 0.1) is 0 Å². The molecule has 4 rings (SSSR count). The van der Waals surface area contributed by atoms with Crippen molar-refractivity contribution in [2.24, 2.45) is 0 Å². The van der Waals surface area contributed by atoms with Crippen LogP contribution in [0.5, 0.6) is 0 Å². The molecule has 2 aromatic rings. The van der Waals surface area contributed by atoms with Crippen molar-refractivity contribution in [3.8, 4) is 0 Å². The molecule has 1 aromatic heterocycles. The second kappa shape index (κ2) is 10.6. The van der Waals surface area contributed by atoms with Crippen LogP contribution in [0.1, 0.15) is 38.7 Å². The zero-order chi connectivity index (χ0) is 24.3. The van der Waals surface area contributed by atoms with Crippen molar-refractivity contribution in [1.29, 1.82) is 0 Å². The summed E-state index contributed by atoms with van der Waals surface area (Å²) >= 11 is 1.33. The van der Waals surface area contributed by atoms with Crippen molar-refractivity contribution in [1.82, 2.24) is 9.88 Å². The minimum atomic E-state index is -4.37. The second-order valence-electron chi connectivity index (χ2n) is 8.83. The van der Waals surface area contributed by atoms with Crippen LogP contribution in [0.4, 0.5) is 18.9 Å². The number of anilines is 1. The molecule has 0 amide bonds. The van der Waals surface area contributed by atoms with Crippen LogP contribution >= 0.6 is 11.8 Å². The highest BCUT2D eigenvalue weighted by Crippen LogP contribution is 2.35. The smallest absolute Gasteiger partial charge is 0.416 e. The number of hydrogen-bond donors (Lipinski definition) is 0. The first-order valence-corrected chi connectivity index (χ1v) is 12.6. The molecule has 184 valence electrons.